The van der Waals surface area contributed by atoms with Crippen molar-refractivity contribution in [2.45, 2.75) is 19.8 Å². The molecule has 6 nitrogen and oxygen atoms in total. The zero-order valence-electron chi connectivity index (χ0n) is 14.6. The summed E-state index contributed by atoms with van der Waals surface area (Å²) in [7, 11) is 0. The molecular weight excluding hydrogens is 330 g/mol. The number of benzene rings is 2. The van der Waals surface area contributed by atoms with Gasteiger partial charge in [-0.1, -0.05) is 18.2 Å². The van der Waals surface area contributed by atoms with Crippen molar-refractivity contribution in [2.24, 2.45) is 0 Å². The van der Waals surface area contributed by atoms with E-state index in [4.69, 9.17) is 0 Å². The number of carbonyl (C=O) groups excluding carboxylic acids is 3. The van der Waals surface area contributed by atoms with Gasteiger partial charge in [-0.05, 0) is 49.2 Å². The fraction of sp³-hybridized carbons (Fsp3) is 0.250. The van der Waals surface area contributed by atoms with Crippen molar-refractivity contribution in [3.63, 3.8) is 0 Å². The second-order valence-electron chi connectivity index (χ2n) is 6.24. The van der Waals surface area contributed by atoms with Crippen molar-refractivity contribution >= 4 is 29.1 Å². The Morgan fingerprint density at radius 2 is 1.81 bits per heavy atom. The molecule has 1 saturated heterocycles. The first-order chi connectivity index (χ1) is 12.5. The van der Waals surface area contributed by atoms with Gasteiger partial charge in [0.05, 0.1) is 6.54 Å². The fourth-order valence-corrected chi connectivity index (χ4v) is 2.88. The van der Waals surface area contributed by atoms with E-state index in [1.165, 1.54) is 0 Å². The second kappa shape index (κ2) is 7.82. The summed E-state index contributed by atoms with van der Waals surface area (Å²) in [5.74, 6) is -0.508. The molecule has 2 aromatic rings. The van der Waals surface area contributed by atoms with Crippen LogP contribution in [0.5, 0.6) is 0 Å². The van der Waals surface area contributed by atoms with Crippen LogP contribution in [-0.4, -0.2) is 30.8 Å². The van der Waals surface area contributed by atoms with Crippen LogP contribution in [0, 0.1) is 6.92 Å². The van der Waals surface area contributed by atoms with E-state index in [9.17, 15) is 14.4 Å². The van der Waals surface area contributed by atoms with Gasteiger partial charge >= 0.3 is 0 Å². The van der Waals surface area contributed by atoms with Crippen LogP contribution in [0.25, 0.3) is 0 Å². The Hall–Kier alpha value is -3.15. The molecule has 0 spiro atoms. The molecule has 0 radical (unpaired) electrons. The quantitative estimate of drug-likeness (QED) is 0.869. The Labute approximate surface area is 152 Å². The highest BCUT2D eigenvalue weighted by Gasteiger charge is 2.21. The maximum atomic E-state index is 12.2. The van der Waals surface area contributed by atoms with Crippen LogP contribution in [0.4, 0.5) is 11.4 Å². The zero-order chi connectivity index (χ0) is 18.5. The minimum atomic E-state index is -0.329. The molecule has 6 heteroatoms. The molecule has 0 saturated carbocycles. The van der Waals surface area contributed by atoms with E-state index in [0.29, 0.717) is 18.5 Å². The zero-order valence-corrected chi connectivity index (χ0v) is 14.6. The summed E-state index contributed by atoms with van der Waals surface area (Å²) in [6, 6.07) is 14.3. The lowest BCUT2D eigenvalue weighted by Crippen LogP contribution is -2.33. The predicted molar refractivity (Wildman–Crippen MR) is 100 cm³/mol. The van der Waals surface area contributed by atoms with E-state index in [2.05, 4.69) is 10.6 Å². The van der Waals surface area contributed by atoms with Crippen molar-refractivity contribution < 1.29 is 14.4 Å². The molecule has 0 aliphatic carbocycles. The fourth-order valence-electron chi connectivity index (χ4n) is 2.88. The van der Waals surface area contributed by atoms with Gasteiger partial charge in [-0.3, -0.25) is 14.4 Å². The van der Waals surface area contributed by atoms with E-state index < -0.39 is 0 Å². The van der Waals surface area contributed by atoms with Gasteiger partial charge < -0.3 is 15.5 Å². The Balaban J connectivity index is 1.54. The molecule has 3 rings (SSSR count). The first kappa shape index (κ1) is 17.7. The Bertz CT molecular complexity index is 830. The summed E-state index contributed by atoms with van der Waals surface area (Å²) >= 11 is 0. The van der Waals surface area contributed by atoms with Crippen LogP contribution in [0.3, 0.4) is 0 Å². The lowest BCUT2D eigenvalue weighted by atomic mass is 10.2. The number of carbonyl (C=O) groups is 3. The van der Waals surface area contributed by atoms with Crippen LogP contribution >= 0.6 is 0 Å². The highest BCUT2D eigenvalue weighted by Crippen LogP contribution is 2.21. The Kier molecular flexibility index (Phi) is 5.31. The number of hydrogen-bond donors (Lipinski definition) is 2. The van der Waals surface area contributed by atoms with Gasteiger partial charge in [0.2, 0.25) is 11.8 Å². The number of amides is 3. The van der Waals surface area contributed by atoms with Crippen LogP contribution in [-0.2, 0) is 9.59 Å². The van der Waals surface area contributed by atoms with Crippen molar-refractivity contribution in [1.29, 1.82) is 0 Å². The minimum Gasteiger partial charge on any atom is -0.343 e. The summed E-state index contributed by atoms with van der Waals surface area (Å²) in [5, 5.41) is 5.37. The molecule has 26 heavy (non-hydrogen) atoms. The third-order valence-corrected chi connectivity index (χ3v) is 4.34. The molecule has 1 heterocycles. The number of aryl methyl sites for hydroxylation is 1. The van der Waals surface area contributed by atoms with Crippen molar-refractivity contribution in [1.82, 2.24) is 5.32 Å². The molecule has 0 bridgehead atoms. The Morgan fingerprint density at radius 1 is 1.08 bits per heavy atom. The normalized spacial score (nSPS) is 13.6. The van der Waals surface area contributed by atoms with E-state index in [-0.39, 0.29) is 24.3 Å². The van der Waals surface area contributed by atoms with Crippen LogP contribution < -0.4 is 15.5 Å². The lowest BCUT2D eigenvalue weighted by Gasteiger charge is -2.15. The lowest BCUT2D eigenvalue weighted by molar-refractivity contribution is -0.117. The van der Waals surface area contributed by atoms with Crippen LogP contribution in [0.1, 0.15) is 28.8 Å². The molecule has 0 aromatic heterocycles. The SMILES string of the molecule is Cc1ccccc1NC(=O)CNC(=O)c1ccc(N2CCCC2=O)cc1. The maximum absolute atomic E-state index is 12.2. The van der Waals surface area contributed by atoms with Gasteiger partial charge in [-0.25, -0.2) is 0 Å². The molecule has 3 amide bonds. The first-order valence-electron chi connectivity index (χ1n) is 8.59. The molecule has 0 unspecified atom stereocenters. The smallest absolute Gasteiger partial charge is 0.251 e. The third kappa shape index (κ3) is 4.08. The summed E-state index contributed by atoms with van der Waals surface area (Å²) < 4.78 is 0. The second-order valence-corrected chi connectivity index (χ2v) is 6.24. The van der Waals surface area contributed by atoms with Gasteiger partial charge in [-0.2, -0.15) is 0 Å². The monoisotopic (exact) mass is 351 g/mol. The third-order valence-electron chi connectivity index (χ3n) is 4.34. The predicted octanol–water partition coefficient (Wildman–Crippen LogP) is 2.49. The number of hydrogen-bond acceptors (Lipinski definition) is 3. The summed E-state index contributed by atoms with van der Waals surface area (Å²) in [6.45, 7) is 2.50. The van der Waals surface area contributed by atoms with Crippen LogP contribution in [0.2, 0.25) is 0 Å². The maximum Gasteiger partial charge on any atom is 0.251 e. The minimum absolute atomic E-state index is 0.107. The summed E-state index contributed by atoms with van der Waals surface area (Å²) in [6.07, 6.45) is 1.43. The van der Waals surface area contributed by atoms with Crippen molar-refractivity contribution in [2.75, 3.05) is 23.3 Å². The number of nitrogens with zero attached hydrogens (tertiary/aromatic N) is 1. The number of rotatable bonds is 5. The largest absolute Gasteiger partial charge is 0.343 e. The van der Waals surface area contributed by atoms with Gasteiger partial charge in [-0.15, -0.1) is 0 Å². The summed E-state index contributed by atoms with van der Waals surface area (Å²) in [5.41, 5.74) is 2.93. The molecule has 2 N–H and O–H groups in total. The highest BCUT2D eigenvalue weighted by atomic mass is 16.2. The molecule has 1 aliphatic rings. The number of nitrogens with one attached hydrogen (secondary N) is 2. The standard InChI is InChI=1S/C20H21N3O3/c1-14-5-2-3-6-17(14)22-18(24)13-21-20(26)15-8-10-16(11-9-15)23-12-4-7-19(23)25/h2-3,5-6,8-11H,4,7,12-13H2,1H3,(H,21,26)(H,22,24). The average molecular weight is 351 g/mol. The molecule has 1 aliphatic heterocycles. The molecule has 0 atom stereocenters. The van der Waals surface area contributed by atoms with E-state index in [1.54, 1.807) is 29.2 Å². The van der Waals surface area contributed by atoms with Gasteiger partial charge in [0, 0.05) is 29.9 Å². The van der Waals surface area contributed by atoms with Crippen molar-refractivity contribution in [3.8, 4) is 0 Å². The van der Waals surface area contributed by atoms with Crippen LogP contribution in [0.15, 0.2) is 48.5 Å². The first-order valence-corrected chi connectivity index (χ1v) is 8.59. The van der Waals surface area contributed by atoms with Gasteiger partial charge in [0.25, 0.3) is 5.91 Å². The van der Waals surface area contributed by atoms with Crippen molar-refractivity contribution in [3.05, 3.63) is 59.7 Å². The number of para-hydroxylation sites is 1. The molecular formula is C20H21N3O3. The topological polar surface area (TPSA) is 78.5 Å². The van der Waals surface area contributed by atoms with Gasteiger partial charge in [0.15, 0.2) is 0 Å². The van der Waals surface area contributed by atoms with Gasteiger partial charge in [0.1, 0.15) is 0 Å². The van der Waals surface area contributed by atoms with E-state index >= 15 is 0 Å². The molecule has 2 aromatic carbocycles. The Morgan fingerprint density at radius 3 is 2.46 bits per heavy atom. The summed E-state index contributed by atoms with van der Waals surface area (Å²) in [4.78, 5) is 37.7. The molecule has 134 valence electrons. The number of anilines is 2. The average Bonchev–Trinajstić information content (AvgIpc) is 3.08. The van der Waals surface area contributed by atoms with E-state index in [1.807, 2.05) is 31.2 Å². The highest BCUT2D eigenvalue weighted by molar-refractivity contribution is 6.00. The van der Waals surface area contributed by atoms with E-state index in [0.717, 1.165) is 23.4 Å². The molecule has 1 fully saturated rings.